The summed E-state index contributed by atoms with van der Waals surface area (Å²) in [6.45, 7) is 4.94. The van der Waals surface area contributed by atoms with Gasteiger partial charge in [-0.2, -0.15) is 0 Å². The average molecular weight is 236 g/mol. The average Bonchev–Trinajstić information content (AvgIpc) is 2.36. The molecule has 0 saturated heterocycles. The zero-order valence-electron chi connectivity index (χ0n) is 10.7. The lowest BCUT2D eigenvalue weighted by Gasteiger charge is -2.13. The zero-order chi connectivity index (χ0) is 12.7. The molecular formula is C14H20O3. The monoisotopic (exact) mass is 236 g/mol. The molecule has 1 rings (SSSR count). The molecule has 0 aliphatic carbocycles. The standard InChI is InChI=1S/C14H20O3/c1-4-5-11(2)10-17-14-7-6-13(16-3)8-12(14)9-15/h6-9,11H,4-5,10H2,1-3H3. The lowest BCUT2D eigenvalue weighted by Crippen LogP contribution is -2.09. The Morgan fingerprint density at radius 1 is 1.41 bits per heavy atom. The molecule has 0 saturated carbocycles. The number of methoxy groups -OCH3 is 1. The summed E-state index contributed by atoms with van der Waals surface area (Å²) in [5.74, 6) is 1.80. The highest BCUT2D eigenvalue weighted by atomic mass is 16.5. The number of ether oxygens (including phenoxy) is 2. The van der Waals surface area contributed by atoms with Gasteiger partial charge < -0.3 is 9.47 Å². The van der Waals surface area contributed by atoms with Crippen molar-refractivity contribution in [1.29, 1.82) is 0 Å². The fourth-order valence-corrected chi connectivity index (χ4v) is 1.69. The van der Waals surface area contributed by atoms with Gasteiger partial charge in [-0.3, -0.25) is 4.79 Å². The fourth-order valence-electron chi connectivity index (χ4n) is 1.69. The number of hydrogen-bond donors (Lipinski definition) is 0. The Labute approximate surface area is 103 Å². The molecule has 0 N–H and O–H groups in total. The molecule has 1 atom stereocenters. The topological polar surface area (TPSA) is 35.5 Å². The predicted molar refractivity (Wildman–Crippen MR) is 67.9 cm³/mol. The SMILES string of the molecule is CCCC(C)COc1ccc(OC)cc1C=O. The first-order valence-electron chi connectivity index (χ1n) is 5.97. The summed E-state index contributed by atoms with van der Waals surface area (Å²) in [6.07, 6.45) is 3.07. The van der Waals surface area contributed by atoms with Crippen LogP contribution < -0.4 is 9.47 Å². The summed E-state index contributed by atoms with van der Waals surface area (Å²) in [5.41, 5.74) is 0.535. The number of carbonyl (C=O) groups is 1. The van der Waals surface area contributed by atoms with Crippen molar-refractivity contribution in [3.8, 4) is 11.5 Å². The third kappa shape index (κ3) is 4.10. The number of rotatable bonds is 7. The Balaban J connectivity index is 2.67. The molecule has 0 amide bonds. The molecular weight excluding hydrogens is 216 g/mol. The van der Waals surface area contributed by atoms with E-state index in [1.807, 2.05) is 0 Å². The van der Waals surface area contributed by atoms with Gasteiger partial charge in [0.2, 0.25) is 0 Å². The third-order valence-corrected chi connectivity index (χ3v) is 2.65. The van der Waals surface area contributed by atoms with Gasteiger partial charge >= 0.3 is 0 Å². The molecule has 0 aliphatic heterocycles. The van der Waals surface area contributed by atoms with Gasteiger partial charge in [-0.05, 0) is 30.5 Å². The van der Waals surface area contributed by atoms with Gasteiger partial charge in [0.1, 0.15) is 11.5 Å². The summed E-state index contributed by atoms with van der Waals surface area (Å²) >= 11 is 0. The van der Waals surface area contributed by atoms with Gasteiger partial charge in [-0.15, -0.1) is 0 Å². The summed E-state index contributed by atoms with van der Waals surface area (Å²) < 4.78 is 10.7. The first kappa shape index (κ1) is 13.6. The second-order valence-corrected chi connectivity index (χ2v) is 4.23. The maximum Gasteiger partial charge on any atom is 0.153 e. The molecule has 1 unspecified atom stereocenters. The minimum absolute atomic E-state index is 0.501. The van der Waals surface area contributed by atoms with Crippen LogP contribution in [0.3, 0.4) is 0 Å². The van der Waals surface area contributed by atoms with Gasteiger partial charge in [-0.25, -0.2) is 0 Å². The lowest BCUT2D eigenvalue weighted by atomic mass is 10.1. The number of hydrogen-bond acceptors (Lipinski definition) is 3. The molecule has 0 fully saturated rings. The summed E-state index contributed by atoms with van der Waals surface area (Å²) in [6, 6.07) is 5.26. The number of benzene rings is 1. The maximum absolute atomic E-state index is 10.9. The van der Waals surface area contributed by atoms with Crippen LogP contribution in [0.1, 0.15) is 37.0 Å². The van der Waals surface area contributed by atoms with E-state index in [4.69, 9.17) is 9.47 Å². The quantitative estimate of drug-likeness (QED) is 0.681. The van der Waals surface area contributed by atoms with Gasteiger partial charge in [-0.1, -0.05) is 20.3 Å². The molecule has 0 aromatic heterocycles. The first-order chi connectivity index (χ1) is 8.21. The molecule has 3 heteroatoms. The van der Waals surface area contributed by atoms with Crippen molar-refractivity contribution in [2.24, 2.45) is 5.92 Å². The van der Waals surface area contributed by atoms with Crippen molar-refractivity contribution in [2.75, 3.05) is 13.7 Å². The molecule has 0 heterocycles. The Morgan fingerprint density at radius 2 is 2.18 bits per heavy atom. The molecule has 0 radical (unpaired) electrons. The van der Waals surface area contributed by atoms with E-state index in [2.05, 4.69) is 13.8 Å². The molecule has 0 spiro atoms. The van der Waals surface area contributed by atoms with Crippen LogP contribution in [-0.4, -0.2) is 20.0 Å². The minimum atomic E-state index is 0.501. The van der Waals surface area contributed by atoms with Crippen molar-refractivity contribution in [2.45, 2.75) is 26.7 Å². The van der Waals surface area contributed by atoms with Gasteiger partial charge in [0.25, 0.3) is 0 Å². The molecule has 94 valence electrons. The van der Waals surface area contributed by atoms with E-state index >= 15 is 0 Å². The van der Waals surface area contributed by atoms with E-state index in [1.165, 1.54) is 0 Å². The van der Waals surface area contributed by atoms with Crippen molar-refractivity contribution in [3.63, 3.8) is 0 Å². The summed E-state index contributed by atoms with van der Waals surface area (Å²) in [4.78, 5) is 10.9. The highest BCUT2D eigenvalue weighted by Crippen LogP contribution is 2.23. The Kier molecular flexibility index (Phi) is 5.53. The Hall–Kier alpha value is -1.51. The smallest absolute Gasteiger partial charge is 0.153 e. The van der Waals surface area contributed by atoms with E-state index in [0.717, 1.165) is 19.1 Å². The second-order valence-electron chi connectivity index (χ2n) is 4.23. The predicted octanol–water partition coefficient (Wildman–Crippen LogP) is 3.32. The van der Waals surface area contributed by atoms with Crippen molar-refractivity contribution >= 4 is 6.29 Å². The van der Waals surface area contributed by atoms with E-state index in [-0.39, 0.29) is 0 Å². The molecule has 3 nitrogen and oxygen atoms in total. The van der Waals surface area contributed by atoms with Gasteiger partial charge in [0.15, 0.2) is 6.29 Å². The lowest BCUT2D eigenvalue weighted by molar-refractivity contribution is 0.111. The maximum atomic E-state index is 10.9. The molecule has 1 aromatic carbocycles. The van der Waals surface area contributed by atoms with E-state index < -0.39 is 0 Å². The second kappa shape index (κ2) is 6.94. The zero-order valence-corrected chi connectivity index (χ0v) is 10.7. The van der Waals surface area contributed by atoms with E-state index in [1.54, 1.807) is 25.3 Å². The first-order valence-corrected chi connectivity index (χ1v) is 5.97. The van der Waals surface area contributed by atoms with Crippen LogP contribution >= 0.6 is 0 Å². The Morgan fingerprint density at radius 3 is 2.76 bits per heavy atom. The summed E-state index contributed by atoms with van der Waals surface area (Å²) in [7, 11) is 1.58. The number of carbonyl (C=O) groups excluding carboxylic acids is 1. The highest BCUT2D eigenvalue weighted by molar-refractivity contribution is 5.80. The van der Waals surface area contributed by atoms with Crippen LogP contribution in [0.15, 0.2) is 18.2 Å². The van der Waals surface area contributed by atoms with Crippen molar-refractivity contribution in [3.05, 3.63) is 23.8 Å². The fraction of sp³-hybridized carbons (Fsp3) is 0.500. The normalized spacial score (nSPS) is 11.9. The van der Waals surface area contributed by atoms with Gasteiger partial charge in [0.05, 0.1) is 19.3 Å². The number of aldehydes is 1. The molecule has 0 aliphatic rings. The highest BCUT2D eigenvalue weighted by Gasteiger charge is 2.07. The molecule has 0 bridgehead atoms. The van der Waals surface area contributed by atoms with Crippen LogP contribution in [0.2, 0.25) is 0 Å². The van der Waals surface area contributed by atoms with Crippen LogP contribution in [0, 0.1) is 5.92 Å². The van der Waals surface area contributed by atoms with Crippen LogP contribution in [0.4, 0.5) is 0 Å². The minimum Gasteiger partial charge on any atom is -0.497 e. The van der Waals surface area contributed by atoms with Crippen LogP contribution in [-0.2, 0) is 0 Å². The van der Waals surface area contributed by atoms with Crippen molar-refractivity contribution in [1.82, 2.24) is 0 Å². The van der Waals surface area contributed by atoms with E-state index in [0.29, 0.717) is 29.6 Å². The van der Waals surface area contributed by atoms with Crippen molar-refractivity contribution < 1.29 is 14.3 Å². The van der Waals surface area contributed by atoms with Gasteiger partial charge in [0, 0.05) is 0 Å². The molecule has 1 aromatic rings. The third-order valence-electron chi connectivity index (χ3n) is 2.65. The van der Waals surface area contributed by atoms with Crippen LogP contribution in [0.25, 0.3) is 0 Å². The Bertz CT molecular complexity index is 360. The summed E-state index contributed by atoms with van der Waals surface area (Å²) in [5, 5.41) is 0. The molecule has 17 heavy (non-hydrogen) atoms. The van der Waals surface area contributed by atoms with E-state index in [9.17, 15) is 4.79 Å². The van der Waals surface area contributed by atoms with Crippen LogP contribution in [0.5, 0.6) is 11.5 Å². The largest absolute Gasteiger partial charge is 0.497 e.